The molecular weight excluding hydrogens is 296 g/mol. The number of ether oxygens (including phenoxy) is 2. The molecule has 6 nitrogen and oxygen atoms in total. The molecule has 0 radical (unpaired) electrons. The highest BCUT2D eigenvalue weighted by Crippen LogP contribution is 2.26. The van der Waals surface area contributed by atoms with Crippen LogP contribution < -0.4 is 4.74 Å². The number of piperazine rings is 1. The van der Waals surface area contributed by atoms with Crippen molar-refractivity contribution in [2.45, 2.75) is 19.8 Å². The van der Waals surface area contributed by atoms with Crippen molar-refractivity contribution in [2.24, 2.45) is 0 Å². The van der Waals surface area contributed by atoms with E-state index >= 15 is 0 Å². The fourth-order valence-electron chi connectivity index (χ4n) is 2.99. The average molecular weight is 318 g/mol. The second kappa shape index (κ2) is 6.89. The highest BCUT2D eigenvalue weighted by atomic mass is 16.6. The Morgan fingerprint density at radius 2 is 1.91 bits per heavy atom. The van der Waals surface area contributed by atoms with Crippen molar-refractivity contribution in [3.63, 3.8) is 0 Å². The van der Waals surface area contributed by atoms with E-state index in [-0.39, 0.29) is 12.0 Å². The van der Waals surface area contributed by atoms with E-state index in [0.29, 0.717) is 39.2 Å². The molecule has 2 heterocycles. The van der Waals surface area contributed by atoms with Gasteiger partial charge in [-0.3, -0.25) is 4.79 Å². The summed E-state index contributed by atoms with van der Waals surface area (Å²) < 4.78 is 10.5. The summed E-state index contributed by atoms with van der Waals surface area (Å²) in [5.41, 5.74) is 2.20. The fraction of sp³-hybridized carbons (Fsp3) is 0.529. The van der Waals surface area contributed by atoms with E-state index in [1.54, 1.807) is 11.8 Å². The number of hydrogen-bond donors (Lipinski definition) is 0. The Hall–Kier alpha value is -2.24. The number of carbonyl (C=O) groups excluding carboxylic acids is 2. The summed E-state index contributed by atoms with van der Waals surface area (Å²) in [7, 11) is 0. The summed E-state index contributed by atoms with van der Waals surface area (Å²) in [4.78, 5) is 27.6. The number of nitrogens with zero attached hydrogens (tertiary/aromatic N) is 2. The molecule has 0 saturated carbocycles. The van der Waals surface area contributed by atoms with Crippen LogP contribution in [0.5, 0.6) is 5.75 Å². The number of fused-ring (bicyclic) bond motifs is 1. The molecule has 0 unspecified atom stereocenters. The summed E-state index contributed by atoms with van der Waals surface area (Å²) in [6, 6.07) is 5.97. The predicted octanol–water partition coefficient (Wildman–Crippen LogP) is 1.46. The van der Waals surface area contributed by atoms with Crippen molar-refractivity contribution >= 4 is 12.0 Å². The van der Waals surface area contributed by atoms with Crippen molar-refractivity contribution in [2.75, 3.05) is 39.4 Å². The third-order valence-corrected chi connectivity index (χ3v) is 4.27. The van der Waals surface area contributed by atoms with Gasteiger partial charge in [0.25, 0.3) is 0 Å². The third-order valence-electron chi connectivity index (χ3n) is 4.27. The van der Waals surface area contributed by atoms with Crippen LogP contribution in [0.2, 0.25) is 0 Å². The molecule has 0 atom stereocenters. The van der Waals surface area contributed by atoms with E-state index in [1.807, 2.05) is 17.0 Å². The number of amides is 2. The molecule has 0 spiro atoms. The molecule has 6 heteroatoms. The Bertz CT molecular complexity index is 594. The van der Waals surface area contributed by atoms with Crippen LogP contribution in [0.4, 0.5) is 4.79 Å². The standard InChI is InChI=1S/C17H22N2O4/c1-2-22-17(21)19-8-6-18(7-9-19)16(20)12-13-3-4-15-14(11-13)5-10-23-15/h3-4,11H,2,5-10,12H2,1H3. The minimum atomic E-state index is -0.293. The van der Waals surface area contributed by atoms with Crippen molar-refractivity contribution in [3.8, 4) is 5.75 Å². The zero-order valence-electron chi connectivity index (χ0n) is 13.4. The van der Waals surface area contributed by atoms with E-state index in [4.69, 9.17) is 9.47 Å². The van der Waals surface area contributed by atoms with E-state index < -0.39 is 0 Å². The maximum atomic E-state index is 12.4. The highest BCUT2D eigenvalue weighted by Gasteiger charge is 2.25. The van der Waals surface area contributed by atoms with Gasteiger partial charge in [-0.15, -0.1) is 0 Å². The van der Waals surface area contributed by atoms with Crippen LogP contribution in [0.25, 0.3) is 0 Å². The van der Waals surface area contributed by atoms with Gasteiger partial charge in [0.2, 0.25) is 5.91 Å². The SMILES string of the molecule is CCOC(=O)N1CCN(C(=O)Cc2ccc3c(c2)CCO3)CC1. The Morgan fingerprint density at radius 3 is 2.65 bits per heavy atom. The van der Waals surface area contributed by atoms with Crippen LogP contribution in [0.1, 0.15) is 18.1 Å². The van der Waals surface area contributed by atoms with Crippen LogP contribution >= 0.6 is 0 Å². The van der Waals surface area contributed by atoms with Gasteiger partial charge in [0, 0.05) is 32.6 Å². The first-order valence-electron chi connectivity index (χ1n) is 8.11. The predicted molar refractivity (Wildman–Crippen MR) is 84.5 cm³/mol. The van der Waals surface area contributed by atoms with E-state index in [0.717, 1.165) is 24.3 Å². The average Bonchev–Trinajstić information content (AvgIpc) is 3.03. The third kappa shape index (κ3) is 3.57. The molecule has 1 fully saturated rings. The second-order valence-electron chi connectivity index (χ2n) is 5.78. The topological polar surface area (TPSA) is 59.1 Å². The lowest BCUT2D eigenvalue weighted by molar-refractivity contribution is -0.132. The monoisotopic (exact) mass is 318 g/mol. The van der Waals surface area contributed by atoms with Gasteiger partial charge < -0.3 is 19.3 Å². The number of carbonyl (C=O) groups is 2. The van der Waals surface area contributed by atoms with Crippen molar-refractivity contribution in [1.82, 2.24) is 9.80 Å². The molecule has 1 aromatic carbocycles. The maximum absolute atomic E-state index is 12.4. The van der Waals surface area contributed by atoms with Crippen LogP contribution in [0.3, 0.4) is 0 Å². The van der Waals surface area contributed by atoms with Gasteiger partial charge in [0.05, 0.1) is 19.6 Å². The first kappa shape index (κ1) is 15.6. The quantitative estimate of drug-likeness (QED) is 0.847. The Balaban J connectivity index is 1.53. The molecule has 23 heavy (non-hydrogen) atoms. The number of benzene rings is 1. The van der Waals surface area contributed by atoms with E-state index in [1.165, 1.54) is 5.56 Å². The van der Waals surface area contributed by atoms with Gasteiger partial charge >= 0.3 is 6.09 Å². The zero-order chi connectivity index (χ0) is 16.2. The molecule has 124 valence electrons. The molecule has 1 saturated heterocycles. The molecule has 0 N–H and O–H groups in total. The van der Waals surface area contributed by atoms with Crippen molar-refractivity contribution in [3.05, 3.63) is 29.3 Å². The molecule has 1 aromatic rings. The van der Waals surface area contributed by atoms with Gasteiger partial charge in [-0.2, -0.15) is 0 Å². The summed E-state index contributed by atoms with van der Waals surface area (Å²) in [6.45, 7) is 5.07. The summed E-state index contributed by atoms with van der Waals surface area (Å²) >= 11 is 0. The largest absolute Gasteiger partial charge is 0.493 e. The minimum absolute atomic E-state index is 0.104. The number of rotatable bonds is 3. The highest BCUT2D eigenvalue weighted by molar-refractivity contribution is 5.79. The molecule has 0 bridgehead atoms. The maximum Gasteiger partial charge on any atom is 0.409 e. The van der Waals surface area contributed by atoms with Crippen molar-refractivity contribution in [1.29, 1.82) is 0 Å². The molecule has 2 aliphatic rings. The molecule has 2 amide bonds. The van der Waals surface area contributed by atoms with Gasteiger partial charge in [0.15, 0.2) is 0 Å². The smallest absolute Gasteiger partial charge is 0.409 e. The second-order valence-corrected chi connectivity index (χ2v) is 5.78. The lowest BCUT2D eigenvalue weighted by atomic mass is 10.1. The molecule has 0 aliphatic carbocycles. The van der Waals surface area contributed by atoms with Gasteiger partial charge in [-0.1, -0.05) is 12.1 Å². The first-order valence-corrected chi connectivity index (χ1v) is 8.11. The van der Waals surface area contributed by atoms with Crippen molar-refractivity contribution < 1.29 is 19.1 Å². The van der Waals surface area contributed by atoms with E-state index in [9.17, 15) is 9.59 Å². The summed E-state index contributed by atoms with van der Waals surface area (Å²) in [6.07, 6.45) is 1.01. The van der Waals surface area contributed by atoms with Gasteiger partial charge in [-0.25, -0.2) is 4.79 Å². The normalized spacial score (nSPS) is 16.7. The van der Waals surface area contributed by atoms with Gasteiger partial charge in [-0.05, 0) is 24.1 Å². The van der Waals surface area contributed by atoms with Crippen LogP contribution in [0.15, 0.2) is 18.2 Å². The fourth-order valence-corrected chi connectivity index (χ4v) is 2.99. The lowest BCUT2D eigenvalue weighted by Gasteiger charge is -2.34. The zero-order valence-corrected chi connectivity index (χ0v) is 13.4. The van der Waals surface area contributed by atoms with Crippen LogP contribution in [-0.4, -0.2) is 61.2 Å². The minimum Gasteiger partial charge on any atom is -0.493 e. The van der Waals surface area contributed by atoms with Crippen LogP contribution in [-0.2, 0) is 22.4 Å². The summed E-state index contributed by atoms with van der Waals surface area (Å²) in [5.74, 6) is 1.04. The Labute approximate surface area is 136 Å². The van der Waals surface area contributed by atoms with Gasteiger partial charge in [0.1, 0.15) is 5.75 Å². The molecule has 3 rings (SSSR count). The van der Waals surface area contributed by atoms with Crippen LogP contribution in [0, 0.1) is 0 Å². The number of hydrogen-bond acceptors (Lipinski definition) is 4. The van der Waals surface area contributed by atoms with E-state index in [2.05, 4.69) is 6.07 Å². The first-order chi connectivity index (χ1) is 11.2. The molecule has 0 aromatic heterocycles. The lowest BCUT2D eigenvalue weighted by Crippen LogP contribution is -2.51. The Kier molecular flexibility index (Phi) is 4.69. The molecular formula is C17H22N2O4. The molecule has 2 aliphatic heterocycles. The summed E-state index contributed by atoms with van der Waals surface area (Å²) in [5, 5.41) is 0. The Morgan fingerprint density at radius 1 is 1.17 bits per heavy atom.